The van der Waals surface area contributed by atoms with E-state index in [4.69, 9.17) is 11.6 Å². The fraction of sp³-hybridized carbons (Fsp3) is 0.444. The second-order valence-corrected chi connectivity index (χ2v) is 9.39. The zero-order valence-electron chi connectivity index (χ0n) is 14.9. The van der Waals surface area contributed by atoms with E-state index in [1.807, 2.05) is 0 Å². The van der Waals surface area contributed by atoms with Gasteiger partial charge in [-0.1, -0.05) is 24.4 Å². The van der Waals surface area contributed by atoms with Crippen molar-refractivity contribution in [1.82, 2.24) is 14.9 Å². The van der Waals surface area contributed by atoms with Crippen LogP contribution in [-0.2, 0) is 21.1 Å². The first-order chi connectivity index (χ1) is 13.3. The van der Waals surface area contributed by atoms with Crippen molar-refractivity contribution in [2.24, 2.45) is 0 Å². The maximum Gasteiger partial charge on any atom is 0.319 e. The van der Waals surface area contributed by atoms with E-state index in [1.165, 1.54) is 30.5 Å². The largest absolute Gasteiger partial charge is 0.354 e. The summed E-state index contributed by atoms with van der Waals surface area (Å²) in [5.41, 5.74) is 0. The Morgan fingerprint density at radius 2 is 1.89 bits per heavy atom. The van der Waals surface area contributed by atoms with Gasteiger partial charge >= 0.3 is 6.55 Å². The number of nitrogens with one attached hydrogen (secondary N) is 1. The summed E-state index contributed by atoms with van der Waals surface area (Å²) in [6.07, 6.45) is 4.16. The van der Waals surface area contributed by atoms with Crippen molar-refractivity contribution in [2.75, 3.05) is 6.54 Å². The zero-order valence-corrected chi connectivity index (χ0v) is 16.5. The molecule has 1 aliphatic rings. The molecule has 10 heteroatoms. The first-order valence-electron chi connectivity index (χ1n) is 8.86. The van der Waals surface area contributed by atoms with E-state index in [0.29, 0.717) is 22.4 Å². The molecular weight excluding hydrogens is 412 g/mol. The maximum absolute atomic E-state index is 13.2. The summed E-state index contributed by atoms with van der Waals surface area (Å²) in [7, 11) is -3.93. The van der Waals surface area contributed by atoms with Crippen LogP contribution >= 0.6 is 11.6 Å². The molecule has 1 fully saturated rings. The van der Waals surface area contributed by atoms with Crippen molar-refractivity contribution in [1.29, 1.82) is 0 Å². The van der Waals surface area contributed by atoms with Crippen molar-refractivity contribution in [3.05, 3.63) is 47.5 Å². The smallest absolute Gasteiger partial charge is 0.319 e. The summed E-state index contributed by atoms with van der Waals surface area (Å²) in [5.74, 6) is -0.480. The Labute approximate surface area is 166 Å². The Kier molecular flexibility index (Phi) is 6.04. The van der Waals surface area contributed by atoms with Gasteiger partial charge in [0.05, 0.1) is 4.90 Å². The summed E-state index contributed by atoms with van der Waals surface area (Å²) in [6, 6.07) is 5.73. The van der Waals surface area contributed by atoms with E-state index in [1.54, 1.807) is 0 Å². The second kappa shape index (κ2) is 8.16. The van der Waals surface area contributed by atoms with E-state index < -0.39 is 27.0 Å². The topological polar surface area (TPSA) is 81.1 Å². The van der Waals surface area contributed by atoms with Gasteiger partial charge in [-0.2, -0.15) is 8.78 Å². The molecule has 1 heterocycles. The van der Waals surface area contributed by atoms with Crippen LogP contribution in [0.1, 0.15) is 38.1 Å². The van der Waals surface area contributed by atoms with Gasteiger partial charge in [0.25, 0.3) is 0 Å². The highest BCUT2D eigenvalue weighted by Crippen LogP contribution is 2.41. The van der Waals surface area contributed by atoms with Gasteiger partial charge in [-0.3, -0.25) is 9.36 Å². The lowest BCUT2D eigenvalue weighted by Crippen LogP contribution is -2.51. The normalized spacial score (nSPS) is 16.4. The molecule has 6 nitrogen and oxygen atoms in total. The zero-order chi connectivity index (χ0) is 20.4. The standard InChI is InChI=1S/C18H20ClF2N3O3S/c19-13-3-5-14(6-4-13)28(26,27)18(8-1-2-9-18)16(25)23-10-7-15-22-11-12-24(15)17(20)21/h3-6,11-12,17H,1-2,7-10H2,(H,23,25). The first kappa shape index (κ1) is 20.7. The van der Waals surface area contributed by atoms with Crippen LogP contribution in [0.3, 0.4) is 0 Å². The van der Waals surface area contributed by atoms with Gasteiger partial charge in [0.2, 0.25) is 5.91 Å². The van der Waals surface area contributed by atoms with Gasteiger partial charge in [-0.15, -0.1) is 0 Å². The molecule has 1 N–H and O–H groups in total. The molecule has 0 spiro atoms. The van der Waals surface area contributed by atoms with Crippen LogP contribution < -0.4 is 5.32 Å². The van der Waals surface area contributed by atoms with Crippen molar-refractivity contribution in [3.8, 4) is 0 Å². The third kappa shape index (κ3) is 3.77. The molecule has 1 aromatic heterocycles. The molecule has 1 saturated carbocycles. The molecule has 0 atom stereocenters. The molecular formula is C18H20ClF2N3O3S. The number of imidazole rings is 1. The number of hydrogen-bond donors (Lipinski definition) is 1. The lowest BCUT2D eigenvalue weighted by Gasteiger charge is -2.27. The number of benzene rings is 1. The number of hydrogen-bond acceptors (Lipinski definition) is 4. The Balaban J connectivity index is 1.76. The van der Waals surface area contributed by atoms with Gasteiger partial charge in [0, 0.05) is 30.4 Å². The number of alkyl halides is 2. The number of nitrogens with zero attached hydrogens (tertiary/aromatic N) is 2. The number of halogens is 3. The van der Waals surface area contributed by atoms with Crippen molar-refractivity contribution in [3.63, 3.8) is 0 Å². The third-order valence-corrected chi connectivity index (χ3v) is 7.82. The number of sulfone groups is 1. The minimum absolute atomic E-state index is 0.0143. The number of amides is 1. The minimum Gasteiger partial charge on any atom is -0.354 e. The molecule has 152 valence electrons. The molecule has 1 aliphatic carbocycles. The first-order valence-corrected chi connectivity index (χ1v) is 10.7. The molecule has 0 bridgehead atoms. The predicted molar refractivity (Wildman–Crippen MR) is 100 cm³/mol. The fourth-order valence-electron chi connectivity index (χ4n) is 3.57. The van der Waals surface area contributed by atoms with Crippen molar-refractivity contribution in [2.45, 2.75) is 48.3 Å². The van der Waals surface area contributed by atoms with Crippen LogP contribution in [0.4, 0.5) is 8.78 Å². The number of aromatic nitrogens is 2. The lowest BCUT2D eigenvalue weighted by molar-refractivity contribution is -0.123. The molecule has 0 unspecified atom stereocenters. The van der Waals surface area contributed by atoms with E-state index in [9.17, 15) is 22.0 Å². The molecule has 2 aromatic rings. The maximum atomic E-state index is 13.2. The number of carbonyl (C=O) groups excluding carboxylic acids is 1. The van der Waals surface area contributed by atoms with Crippen LogP contribution in [-0.4, -0.2) is 35.2 Å². The van der Waals surface area contributed by atoms with Gasteiger partial charge < -0.3 is 5.32 Å². The molecule has 1 amide bonds. The third-order valence-electron chi connectivity index (χ3n) is 5.06. The van der Waals surface area contributed by atoms with Crippen molar-refractivity contribution >= 4 is 27.3 Å². The quantitative estimate of drug-likeness (QED) is 0.728. The highest BCUT2D eigenvalue weighted by Gasteiger charge is 2.52. The minimum atomic E-state index is -3.93. The van der Waals surface area contributed by atoms with Crippen LogP contribution in [0.25, 0.3) is 0 Å². The highest BCUT2D eigenvalue weighted by molar-refractivity contribution is 7.93. The summed E-state index contributed by atoms with van der Waals surface area (Å²) in [6.45, 7) is -2.71. The van der Waals surface area contributed by atoms with Gasteiger partial charge in [0.1, 0.15) is 5.82 Å². The molecule has 0 saturated heterocycles. The Morgan fingerprint density at radius 1 is 1.25 bits per heavy atom. The molecule has 1 aromatic carbocycles. The Hall–Kier alpha value is -2.00. The van der Waals surface area contributed by atoms with Crippen molar-refractivity contribution < 1.29 is 22.0 Å². The van der Waals surface area contributed by atoms with E-state index in [2.05, 4.69) is 10.3 Å². The Bertz CT molecular complexity index is 939. The summed E-state index contributed by atoms with van der Waals surface area (Å²) < 4.78 is 51.3. The van der Waals surface area contributed by atoms with Gasteiger partial charge in [-0.05, 0) is 37.1 Å². The SMILES string of the molecule is O=C(NCCc1nccn1C(F)F)C1(S(=O)(=O)c2ccc(Cl)cc2)CCCC1. The summed E-state index contributed by atoms with van der Waals surface area (Å²) >= 11 is 5.84. The van der Waals surface area contributed by atoms with Crippen LogP contribution in [0.2, 0.25) is 5.02 Å². The molecule has 28 heavy (non-hydrogen) atoms. The summed E-state index contributed by atoms with van der Waals surface area (Å²) in [5, 5.41) is 3.02. The van der Waals surface area contributed by atoms with Crippen LogP contribution in [0.5, 0.6) is 0 Å². The predicted octanol–water partition coefficient (Wildman–Crippen LogP) is 3.38. The van der Waals surface area contributed by atoms with Gasteiger partial charge in [-0.25, -0.2) is 13.4 Å². The average Bonchev–Trinajstić information content (AvgIpc) is 3.32. The lowest BCUT2D eigenvalue weighted by atomic mass is 10.1. The number of carbonyl (C=O) groups is 1. The molecule has 3 rings (SSSR count). The monoisotopic (exact) mass is 431 g/mol. The second-order valence-electron chi connectivity index (χ2n) is 6.69. The highest BCUT2D eigenvalue weighted by atomic mass is 35.5. The van der Waals surface area contributed by atoms with Gasteiger partial charge in [0.15, 0.2) is 14.6 Å². The van der Waals surface area contributed by atoms with Crippen LogP contribution in [0, 0.1) is 0 Å². The number of rotatable bonds is 7. The van der Waals surface area contributed by atoms with E-state index in [0.717, 1.165) is 6.20 Å². The average molecular weight is 432 g/mol. The van der Waals surface area contributed by atoms with E-state index in [-0.39, 0.29) is 36.5 Å². The Morgan fingerprint density at radius 3 is 2.50 bits per heavy atom. The fourth-order valence-corrected chi connectivity index (χ4v) is 5.78. The van der Waals surface area contributed by atoms with E-state index >= 15 is 0 Å². The summed E-state index contributed by atoms with van der Waals surface area (Å²) in [4.78, 5) is 16.8. The molecule has 0 radical (unpaired) electrons. The van der Waals surface area contributed by atoms with Crippen LogP contribution in [0.15, 0.2) is 41.6 Å². The molecule has 0 aliphatic heterocycles.